The van der Waals surface area contributed by atoms with E-state index in [9.17, 15) is 9.59 Å². The zero-order valence-corrected chi connectivity index (χ0v) is 10.6. The van der Waals surface area contributed by atoms with E-state index in [4.69, 9.17) is 5.11 Å². The van der Waals surface area contributed by atoms with Crippen LogP contribution in [0, 0.1) is 5.41 Å². The lowest BCUT2D eigenvalue weighted by atomic mass is 9.86. The van der Waals surface area contributed by atoms with Crippen LogP contribution in [-0.2, 0) is 9.59 Å². The SMILES string of the molecule is CC/C=C(/C)C(=O)N[C@H](C(=O)O)C(C)(C)C. The average Bonchev–Trinajstić information content (AvgIpc) is 2.11. The molecule has 0 radical (unpaired) electrons. The second kappa shape index (κ2) is 5.68. The molecule has 0 saturated heterocycles. The lowest BCUT2D eigenvalue weighted by molar-refractivity contribution is -0.144. The highest BCUT2D eigenvalue weighted by atomic mass is 16.4. The Labute approximate surface area is 96.7 Å². The zero-order chi connectivity index (χ0) is 12.9. The fraction of sp³-hybridized carbons (Fsp3) is 0.667. The normalized spacial score (nSPS) is 14.4. The number of nitrogens with one attached hydrogen (secondary N) is 1. The molecule has 1 atom stereocenters. The standard InChI is InChI=1S/C12H21NO3/c1-6-7-8(2)10(14)13-9(11(15)16)12(3,4)5/h7,9H,6H2,1-5H3,(H,13,14)(H,15,16)/b8-7-/t9-/m1/s1. The molecule has 0 unspecified atom stereocenters. The Morgan fingerprint density at radius 2 is 1.88 bits per heavy atom. The van der Waals surface area contributed by atoms with Gasteiger partial charge in [0.15, 0.2) is 0 Å². The first kappa shape index (κ1) is 14.7. The third-order valence-electron chi connectivity index (χ3n) is 2.26. The van der Waals surface area contributed by atoms with Gasteiger partial charge >= 0.3 is 5.97 Å². The Morgan fingerprint density at radius 3 is 2.19 bits per heavy atom. The van der Waals surface area contributed by atoms with Crippen molar-refractivity contribution in [1.29, 1.82) is 0 Å². The third-order valence-corrected chi connectivity index (χ3v) is 2.26. The van der Waals surface area contributed by atoms with Crippen molar-refractivity contribution in [3.05, 3.63) is 11.6 Å². The lowest BCUT2D eigenvalue weighted by Gasteiger charge is -2.27. The summed E-state index contributed by atoms with van der Waals surface area (Å²) < 4.78 is 0. The van der Waals surface area contributed by atoms with E-state index in [1.807, 2.05) is 6.92 Å². The second-order valence-electron chi connectivity index (χ2n) is 4.91. The predicted octanol–water partition coefficient (Wildman–Crippen LogP) is 1.96. The molecule has 0 bridgehead atoms. The molecule has 1 amide bonds. The summed E-state index contributed by atoms with van der Waals surface area (Å²) >= 11 is 0. The van der Waals surface area contributed by atoms with Gasteiger partial charge in [0.25, 0.3) is 0 Å². The molecule has 2 N–H and O–H groups in total. The van der Waals surface area contributed by atoms with Crippen molar-refractivity contribution in [2.75, 3.05) is 0 Å². The van der Waals surface area contributed by atoms with Crippen LogP contribution in [0.3, 0.4) is 0 Å². The number of aliphatic carboxylic acids is 1. The highest BCUT2D eigenvalue weighted by Gasteiger charge is 2.32. The van der Waals surface area contributed by atoms with Gasteiger partial charge in [0.2, 0.25) is 5.91 Å². The van der Waals surface area contributed by atoms with Crippen LogP contribution in [0.1, 0.15) is 41.0 Å². The molecule has 0 heterocycles. The van der Waals surface area contributed by atoms with E-state index in [1.54, 1.807) is 33.8 Å². The quantitative estimate of drug-likeness (QED) is 0.721. The molecule has 0 saturated carbocycles. The van der Waals surface area contributed by atoms with Gasteiger partial charge in [-0.1, -0.05) is 33.8 Å². The number of carboxylic acid groups (broad SMARTS) is 1. The Hall–Kier alpha value is -1.32. The first-order chi connectivity index (χ1) is 7.20. The van der Waals surface area contributed by atoms with E-state index in [0.717, 1.165) is 6.42 Å². The summed E-state index contributed by atoms with van der Waals surface area (Å²) in [4.78, 5) is 22.7. The van der Waals surface area contributed by atoms with Gasteiger partial charge in [-0.3, -0.25) is 4.79 Å². The van der Waals surface area contributed by atoms with E-state index in [1.165, 1.54) is 0 Å². The molecular formula is C12H21NO3. The number of carbonyl (C=O) groups is 2. The molecule has 16 heavy (non-hydrogen) atoms. The molecule has 0 rings (SSSR count). The fourth-order valence-corrected chi connectivity index (χ4v) is 1.29. The number of hydrogen-bond donors (Lipinski definition) is 2. The summed E-state index contributed by atoms with van der Waals surface area (Å²) in [6, 6.07) is -0.875. The molecule has 0 aromatic heterocycles. The summed E-state index contributed by atoms with van der Waals surface area (Å²) in [6.07, 6.45) is 2.53. The van der Waals surface area contributed by atoms with Crippen molar-refractivity contribution in [2.24, 2.45) is 5.41 Å². The van der Waals surface area contributed by atoms with Crippen molar-refractivity contribution in [3.8, 4) is 0 Å². The van der Waals surface area contributed by atoms with Gasteiger partial charge in [-0.15, -0.1) is 0 Å². The summed E-state index contributed by atoms with van der Waals surface area (Å²) in [6.45, 7) is 8.95. The maximum absolute atomic E-state index is 11.7. The topological polar surface area (TPSA) is 66.4 Å². The third kappa shape index (κ3) is 4.47. The highest BCUT2D eigenvalue weighted by molar-refractivity contribution is 5.95. The molecule has 0 aliphatic carbocycles. The number of rotatable bonds is 4. The Bertz CT molecular complexity index is 300. The van der Waals surface area contributed by atoms with Crippen molar-refractivity contribution in [1.82, 2.24) is 5.32 Å². The summed E-state index contributed by atoms with van der Waals surface area (Å²) in [5, 5.41) is 11.6. The van der Waals surface area contributed by atoms with E-state index in [2.05, 4.69) is 5.32 Å². The number of allylic oxidation sites excluding steroid dienone is 1. The molecule has 0 aromatic rings. The Balaban J connectivity index is 4.73. The van der Waals surface area contributed by atoms with Crippen LogP contribution in [0.15, 0.2) is 11.6 Å². The Kier molecular flexibility index (Phi) is 5.21. The van der Waals surface area contributed by atoms with Crippen molar-refractivity contribution in [3.63, 3.8) is 0 Å². The van der Waals surface area contributed by atoms with E-state index >= 15 is 0 Å². The van der Waals surface area contributed by atoms with Crippen LogP contribution in [0.25, 0.3) is 0 Å². The zero-order valence-electron chi connectivity index (χ0n) is 10.6. The van der Waals surface area contributed by atoms with Crippen LogP contribution >= 0.6 is 0 Å². The van der Waals surface area contributed by atoms with Gasteiger partial charge in [0.05, 0.1) is 0 Å². The number of amides is 1. The minimum absolute atomic E-state index is 0.316. The van der Waals surface area contributed by atoms with Crippen molar-refractivity contribution in [2.45, 2.75) is 47.1 Å². The maximum Gasteiger partial charge on any atom is 0.326 e. The molecule has 0 aliphatic heterocycles. The lowest BCUT2D eigenvalue weighted by Crippen LogP contribution is -2.49. The van der Waals surface area contributed by atoms with Crippen molar-refractivity contribution >= 4 is 11.9 Å². The molecule has 4 heteroatoms. The Morgan fingerprint density at radius 1 is 1.38 bits per heavy atom. The van der Waals surface area contributed by atoms with E-state index in [0.29, 0.717) is 5.57 Å². The first-order valence-corrected chi connectivity index (χ1v) is 5.40. The number of carboxylic acids is 1. The van der Waals surface area contributed by atoms with Gasteiger partial charge in [-0.25, -0.2) is 4.79 Å². The maximum atomic E-state index is 11.7. The molecule has 0 aliphatic rings. The predicted molar refractivity (Wildman–Crippen MR) is 63.1 cm³/mol. The minimum Gasteiger partial charge on any atom is -0.480 e. The van der Waals surface area contributed by atoms with Crippen molar-refractivity contribution < 1.29 is 14.7 Å². The minimum atomic E-state index is -1.01. The molecular weight excluding hydrogens is 206 g/mol. The summed E-state index contributed by atoms with van der Waals surface area (Å²) in [7, 11) is 0. The van der Waals surface area contributed by atoms with Gasteiger partial charge in [-0.2, -0.15) is 0 Å². The summed E-state index contributed by atoms with van der Waals surface area (Å²) in [5.74, 6) is -1.32. The molecule has 4 nitrogen and oxygen atoms in total. The largest absolute Gasteiger partial charge is 0.480 e. The average molecular weight is 227 g/mol. The highest BCUT2D eigenvalue weighted by Crippen LogP contribution is 2.19. The van der Waals surface area contributed by atoms with Gasteiger partial charge in [0, 0.05) is 5.57 Å². The van der Waals surface area contributed by atoms with Gasteiger partial charge < -0.3 is 10.4 Å². The van der Waals surface area contributed by atoms with Crippen LogP contribution in [-0.4, -0.2) is 23.0 Å². The van der Waals surface area contributed by atoms with E-state index < -0.39 is 17.4 Å². The molecule has 92 valence electrons. The number of carbonyl (C=O) groups excluding carboxylic acids is 1. The molecule has 0 spiro atoms. The molecule has 0 aromatic carbocycles. The second-order valence-corrected chi connectivity index (χ2v) is 4.91. The number of hydrogen-bond acceptors (Lipinski definition) is 2. The van der Waals surface area contributed by atoms with Crippen LogP contribution in [0.4, 0.5) is 0 Å². The fourth-order valence-electron chi connectivity index (χ4n) is 1.29. The van der Waals surface area contributed by atoms with Crippen LogP contribution < -0.4 is 5.32 Å². The van der Waals surface area contributed by atoms with Gasteiger partial charge in [0.1, 0.15) is 6.04 Å². The van der Waals surface area contributed by atoms with Gasteiger partial charge in [-0.05, 0) is 18.8 Å². The van der Waals surface area contributed by atoms with Crippen LogP contribution in [0.5, 0.6) is 0 Å². The van der Waals surface area contributed by atoms with Crippen LogP contribution in [0.2, 0.25) is 0 Å². The first-order valence-electron chi connectivity index (χ1n) is 5.40. The summed E-state index contributed by atoms with van der Waals surface area (Å²) in [5.41, 5.74) is 0.0477. The smallest absolute Gasteiger partial charge is 0.326 e. The van der Waals surface area contributed by atoms with E-state index in [-0.39, 0.29) is 5.91 Å². The molecule has 0 fully saturated rings. The monoisotopic (exact) mass is 227 g/mol.